The number of hydrogen-bond donors (Lipinski definition) is 0. The SMILES string of the molecule is Cc1nc(-c2ccccc2)sc1C(=O)N1CCCC1c1cccs1. The number of nitrogens with zero attached hydrogens (tertiary/aromatic N) is 2. The first kappa shape index (κ1) is 15.5. The molecule has 1 aromatic carbocycles. The number of amides is 1. The van der Waals surface area contributed by atoms with Crippen LogP contribution in [0.5, 0.6) is 0 Å². The molecule has 1 aliphatic heterocycles. The third kappa shape index (κ3) is 2.78. The van der Waals surface area contributed by atoms with E-state index < -0.39 is 0 Å². The molecule has 1 amide bonds. The predicted molar refractivity (Wildman–Crippen MR) is 99.6 cm³/mol. The zero-order valence-electron chi connectivity index (χ0n) is 13.4. The summed E-state index contributed by atoms with van der Waals surface area (Å²) >= 11 is 3.24. The van der Waals surface area contributed by atoms with E-state index in [0.29, 0.717) is 0 Å². The molecule has 0 radical (unpaired) electrons. The predicted octanol–water partition coefficient (Wildman–Crippen LogP) is 5.16. The van der Waals surface area contributed by atoms with E-state index in [9.17, 15) is 4.79 Å². The van der Waals surface area contributed by atoms with Crippen LogP contribution < -0.4 is 0 Å². The Morgan fingerprint density at radius 2 is 2.04 bits per heavy atom. The molecule has 1 atom stereocenters. The third-order valence-corrected chi connectivity index (χ3v) is 6.56. The van der Waals surface area contributed by atoms with Gasteiger partial charge in [0.15, 0.2) is 0 Å². The fourth-order valence-electron chi connectivity index (χ4n) is 3.22. The van der Waals surface area contributed by atoms with E-state index in [0.717, 1.165) is 40.5 Å². The summed E-state index contributed by atoms with van der Waals surface area (Å²) in [5.41, 5.74) is 1.90. The maximum atomic E-state index is 13.1. The molecule has 0 spiro atoms. The van der Waals surface area contributed by atoms with Gasteiger partial charge in [0.1, 0.15) is 9.88 Å². The molecule has 4 rings (SSSR count). The molecule has 0 N–H and O–H groups in total. The zero-order valence-corrected chi connectivity index (χ0v) is 15.1. The Hall–Kier alpha value is -1.98. The van der Waals surface area contributed by atoms with Gasteiger partial charge >= 0.3 is 0 Å². The minimum atomic E-state index is 0.128. The number of hydrogen-bond acceptors (Lipinski definition) is 4. The summed E-state index contributed by atoms with van der Waals surface area (Å²) in [5.74, 6) is 0.128. The second kappa shape index (κ2) is 6.49. The summed E-state index contributed by atoms with van der Waals surface area (Å²) in [4.78, 5) is 21.8. The van der Waals surface area contributed by atoms with E-state index in [1.54, 1.807) is 11.3 Å². The second-order valence-corrected chi connectivity index (χ2v) is 7.95. The van der Waals surface area contributed by atoms with Crippen LogP contribution in [0.25, 0.3) is 10.6 Å². The highest BCUT2D eigenvalue weighted by atomic mass is 32.1. The smallest absolute Gasteiger partial charge is 0.266 e. The maximum Gasteiger partial charge on any atom is 0.266 e. The Kier molecular flexibility index (Phi) is 4.21. The first-order chi connectivity index (χ1) is 11.7. The highest BCUT2D eigenvalue weighted by Gasteiger charge is 2.33. The van der Waals surface area contributed by atoms with Crippen molar-refractivity contribution in [2.75, 3.05) is 6.54 Å². The number of carbonyl (C=O) groups is 1. The molecule has 2 aromatic heterocycles. The number of aryl methyl sites for hydroxylation is 1. The van der Waals surface area contributed by atoms with Crippen molar-refractivity contribution in [3.8, 4) is 10.6 Å². The Labute approximate surface area is 149 Å². The molecule has 3 nitrogen and oxygen atoms in total. The lowest BCUT2D eigenvalue weighted by atomic mass is 10.2. The molecular weight excluding hydrogens is 336 g/mol. The number of thiophene rings is 1. The summed E-state index contributed by atoms with van der Waals surface area (Å²) in [6.45, 7) is 2.77. The molecule has 0 aliphatic carbocycles. The molecule has 1 fully saturated rings. The van der Waals surface area contributed by atoms with Crippen molar-refractivity contribution in [3.63, 3.8) is 0 Å². The normalized spacial score (nSPS) is 17.4. The average molecular weight is 354 g/mol. The summed E-state index contributed by atoms with van der Waals surface area (Å²) in [6.07, 6.45) is 2.12. The molecule has 122 valence electrons. The molecule has 24 heavy (non-hydrogen) atoms. The quantitative estimate of drug-likeness (QED) is 0.651. The number of rotatable bonds is 3. The Bertz CT molecular complexity index is 840. The second-order valence-electron chi connectivity index (χ2n) is 5.97. The number of carbonyl (C=O) groups excluding carboxylic acids is 1. The lowest BCUT2D eigenvalue weighted by molar-refractivity contribution is 0.0742. The van der Waals surface area contributed by atoms with E-state index in [1.807, 2.05) is 42.2 Å². The van der Waals surface area contributed by atoms with E-state index in [-0.39, 0.29) is 11.9 Å². The van der Waals surface area contributed by atoms with Crippen molar-refractivity contribution in [2.45, 2.75) is 25.8 Å². The highest BCUT2D eigenvalue weighted by molar-refractivity contribution is 7.17. The summed E-state index contributed by atoms with van der Waals surface area (Å²) < 4.78 is 0. The van der Waals surface area contributed by atoms with Gasteiger partial charge in [-0.2, -0.15) is 0 Å². The van der Waals surface area contributed by atoms with Gasteiger partial charge < -0.3 is 4.90 Å². The summed E-state index contributed by atoms with van der Waals surface area (Å²) in [5, 5.41) is 3.00. The lowest BCUT2D eigenvalue weighted by Gasteiger charge is -2.23. The minimum Gasteiger partial charge on any atom is -0.330 e. The van der Waals surface area contributed by atoms with Crippen LogP contribution in [0.3, 0.4) is 0 Å². The molecular formula is C19H18N2OS2. The van der Waals surface area contributed by atoms with Crippen LogP contribution >= 0.6 is 22.7 Å². The fourth-order valence-corrected chi connectivity index (χ4v) is 5.12. The Balaban J connectivity index is 1.64. The Morgan fingerprint density at radius 3 is 2.79 bits per heavy atom. The van der Waals surface area contributed by atoms with Crippen molar-refractivity contribution >= 4 is 28.6 Å². The fraction of sp³-hybridized carbons (Fsp3) is 0.263. The van der Waals surface area contributed by atoms with Crippen LogP contribution in [-0.4, -0.2) is 22.3 Å². The Morgan fingerprint density at radius 1 is 1.21 bits per heavy atom. The minimum absolute atomic E-state index is 0.128. The topological polar surface area (TPSA) is 33.2 Å². The van der Waals surface area contributed by atoms with Crippen LogP contribution in [0.4, 0.5) is 0 Å². The van der Waals surface area contributed by atoms with Crippen molar-refractivity contribution in [3.05, 3.63) is 63.3 Å². The third-order valence-electron chi connectivity index (χ3n) is 4.40. The van der Waals surface area contributed by atoms with Crippen LogP contribution in [0, 0.1) is 6.92 Å². The van der Waals surface area contributed by atoms with Gasteiger partial charge in [-0.1, -0.05) is 36.4 Å². The van der Waals surface area contributed by atoms with Crippen molar-refractivity contribution < 1.29 is 4.79 Å². The number of likely N-dealkylation sites (tertiary alicyclic amines) is 1. The largest absolute Gasteiger partial charge is 0.330 e. The lowest BCUT2D eigenvalue weighted by Crippen LogP contribution is -2.30. The molecule has 0 bridgehead atoms. The molecule has 3 heterocycles. The molecule has 1 aliphatic rings. The van der Waals surface area contributed by atoms with E-state index in [2.05, 4.69) is 22.5 Å². The monoisotopic (exact) mass is 354 g/mol. The highest BCUT2D eigenvalue weighted by Crippen LogP contribution is 2.37. The standard InChI is InChI=1S/C19H18N2OS2/c1-13-17(24-18(20-13)14-7-3-2-4-8-14)19(22)21-11-5-9-15(21)16-10-6-12-23-16/h2-4,6-8,10,12,15H,5,9,11H2,1H3. The zero-order chi connectivity index (χ0) is 16.5. The van der Waals surface area contributed by atoms with Crippen LogP contribution in [0.2, 0.25) is 0 Å². The van der Waals surface area contributed by atoms with Crippen molar-refractivity contribution in [1.29, 1.82) is 0 Å². The van der Waals surface area contributed by atoms with E-state index in [1.165, 1.54) is 16.2 Å². The van der Waals surface area contributed by atoms with Gasteiger partial charge in [0.05, 0.1) is 11.7 Å². The first-order valence-electron chi connectivity index (χ1n) is 8.11. The van der Waals surface area contributed by atoms with Gasteiger partial charge in [-0.15, -0.1) is 22.7 Å². The van der Waals surface area contributed by atoms with E-state index >= 15 is 0 Å². The van der Waals surface area contributed by atoms with Gasteiger partial charge in [0.25, 0.3) is 5.91 Å². The van der Waals surface area contributed by atoms with Gasteiger partial charge in [0.2, 0.25) is 0 Å². The number of thiazole rings is 1. The van der Waals surface area contributed by atoms with Crippen molar-refractivity contribution in [2.24, 2.45) is 0 Å². The van der Waals surface area contributed by atoms with Gasteiger partial charge in [0, 0.05) is 17.0 Å². The van der Waals surface area contributed by atoms with Crippen molar-refractivity contribution in [1.82, 2.24) is 9.88 Å². The molecule has 0 saturated carbocycles. The summed E-state index contributed by atoms with van der Waals surface area (Å²) in [7, 11) is 0. The van der Waals surface area contributed by atoms with Gasteiger partial charge in [-0.25, -0.2) is 4.98 Å². The average Bonchev–Trinajstić information content (AvgIpc) is 3.35. The number of benzene rings is 1. The first-order valence-corrected chi connectivity index (χ1v) is 9.81. The van der Waals surface area contributed by atoms with Crippen LogP contribution in [0.15, 0.2) is 47.8 Å². The molecule has 1 unspecified atom stereocenters. The summed E-state index contributed by atoms with van der Waals surface area (Å²) in [6, 6.07) is 14.5. The van der Waals surface area contributed by atoms with Gasteiger partial charge in [-0.05, 0) is 31.2 Å². The van der Waals surface area contributed by atoms with E-state index in [4.69, 9.17) is 0 Å². The molecule has 1 saturated heterocycles. The molecule has 5 heteroatoms. The van der Waals surface area contributed by atoms with Gasteiger partial charge in [-0.3, -0.25) is 4.79 Å². The molecule has 3 aromatic rings. The van der Waals surface area contributed by atoms with Crippen LogP contribution in [0.1, 0.15) is 39.1 Å². The maximum absolute atomic E-state index is 13.1. The number of aromatic nitrogens is 1. The van der Waals surface area contributed by atoms with Crippen LogP contribution in [-0.2, 0) is 0 Å².